The van der Waals surface area contributed by atoms with Gasteiger partial charge in [0, 0.05) is 63.4 Å². The number of amides is 5. The molecule has 0 radical (unpaired) electrons. The second-order valence-corrected chi connectivity index (χ2v) is 7.38. The summed E-state index contributed by atoms with van der Waals surface area (Å²) in [6.45, 7) is 2.62. The zero-order chi connectivity index (χ0) is 21.4. The van der Waals surface area contributed by atoms with Gasteiger partial charge >= 0.3 is 0 Å². The van der Waals surface area contributed by atoms with Crippen LogP contribution >= 0.6 is 0 Å². The number of carbonyl (C=O) groups is 5. The van der Waals surface area contributed by atoms with Crippen molar-refractivity contribution in [2.45, 2.75) is 32.6 Å². The number of rotatable bonds is 12. The molecular weight excluding hydrogens is 378 g/mol. The molecule has 9 heteroatoms. The molecule has 9 nitrogen and oxygen atoms in total. The van der Waals surface area contributed by atoms with Gasteiger partial charge in [-0.3, -0.25) is 33.8 Å². The summed E-state index contributed by atoms with van der Waals surface area (Å²) in [6, 6.07) is 0. The monoisotopic (exact) mass is 405 g/mol. The van der Waals surface area contributed by atoms with Gasteiger partial charge in [0.25, 0.3) is 23.6 Å². The van der Waals surface area contributed by atoms with E-state index in [4.69, 9.17) is 4.74 Å². The minimum atomic E-state index is -0.552. The van der Waals surface area contributed by atoms with E-state index in [1.807, 2.05) is 0 Å². The van der Waals surface area contributed by atoms with Gasteiger partial charge < -0.3 is 10.1 Å². The maximum absolute atomic E-state index is 12.1. The Kier molecular flexibility index (Phi) is 7.83. The first-order valence-corrected chi connectivity index (χ1v) is 9.58. The summed E-state index contributed by atoms with van der Waals surface area (Å²) in [6.07, 6.45) is 7.24. The van der Waals surface area contributed by atoms with Crippen LogP contribution in [0.2, 0.25) is 0 Å². The predicted octanol–water partition coefficient (Wildman–Crippen LogP) is 0.166. The number of carbonyl (C=O) groups excluding carboxylic acids is 5. The maximum atomic E-state index is 12.1. The molecule has 1 unspecified atom stereocenters. The highest BCUT2D eigenvalue weighted by Gasteiger charge is 2.37. The van der Waals surface area contributed by atoms with Crippen LogP contribution in [0.25, 0.3) is 0 Å². The number of hydrogen-bond acceptors (Lipinski definition) is 6. The highest BCUT2D eigenvalue weighted by atomic mass is 16.5. The number of hydrogen-bond donors (Lipinski definition) is 1. The van der Waals surface area contributed by atoms with Crippen molar-refractivity contribution in [3.8, 4) is 0 Å². The van der Waals surface area contributed by atoms with Crippen molar-refractivity contribution in [1.29, 1.82) is 0 Å². The van der Waals surface area contributed by atoms with Gasteiger partial charge in [0.05, 0.1) is 6.61 Å². The van der Waals surface area contributed by atoms with Crippen molar-refractivity contribution >= 4 is 29.5 Å². The number of imide groups is 2. The minimum absolute atomic E-state index is 0.130. The molecule has 0 saturated heterocycles. The second kappa shape index (κ2) is 10.1. The van der Waals surface area contributed by atoms with Crippen LogP contribution in [0.1, 0.15) is 32.6 Å². The van der Waals surface area contributed by atoms with Crippen LogP contribution in [0, 0.1) is 5.41 Å². The third kappa shape index (κ3) is 6.08. The van der Waals surface area contributed by atoms with Crippen LogP contribution in [-0.2, 0) is 28.7 Å². The Hall–Kier alpha value is -2.81. The average molecular weight is 405 g/mol. The van der Waals surface area contributed by atoms with E-state index in [0.717, 1.165) is 0 Å². The Balaban J connectivity index is 2.06. The first-order valence-electron chi connectivity index (χ1n) is 9.58. The molecule has 0 aromatic heterocycles. The Morgan fingerprint density at radius 1 is 0.931 bits per heavy atom. The smallest absolute Gasteiger partial charge is 0.253 e. The summed E-state index contributed by atoms with van der Waals surface area (Å²) >= 11 is 0. The van der Waals surface area contributed by atoms with Gasteiger partial charge in [-0.15, -0.1) is 0 Å². The lowest BCUT2D eigenvalue weighted by atomic mass is 9.78. The molecular formula is C20H27N3O6. The van der Waals surface area contributed by atoms with Crippen molar-refractivity contribution in [3.05, 3.63) is 24.3 Å². The molecule has 0 aliphatic carbocycles. The number of ether oxygens (including phenoxy) is 1. The lowest BCUT2D eigenvalue weighted by molar-refractivity contribution is -0.139. The van der Waals surface area contributed by atoms with Gasteiger partial charge in [-0.25, -0.2) is 0 Å². The van der Waals surface area contributed by atoms with Crippen LogP contribution in [0.3, 0.4) is 0 Å². The molecule has 2 heterocycles. The Bertz CT molecular complexity index is 708. The lowest BCUT2D eigenvalue weighted by Crippen LogP contribution is -2.44. The normalized spacial score (nSPS) is 18.1. The molecule has 1 N–H and O–H groups in total. The fraction of sp³-hybridized carbons (Fsp3) is 0.550. The summed E-state index contributed by atoms with van der Waals surface area (Å²) < 4.78 is 5.41. The molecule has 2 rings (SSSR count). The third-order valence-corrected chi connectivity index (χ3v) is 5.09. The van der Waals surface area contributed by atoms with E-state index in [1.165, 1.54) is 41.0 Å². The van der Waals surface area contributed by atoms with Crippen LogP contribution < -0.4 is 5.32 Å². The van der Waals surface area contributed by atoms with E-state index in [2.05, 4.69) is 5.32 Å². The van der Waals surface area contributed by atoms with Crippen LogP contribution in [0.5, 0.6) is 0 Å². The molecule has 2 aliphatic heterocycles. The van der Waals surface area contributed by atoms with Gasteiger partial charge in [0.2, 0.25) is 5.91 Å². The molecule has 0 bridgehead atoms. The first-order chi connectivity index (χ1) is 13.8. The summed E-state index contributed by atoms with van der Waals surface area (Å²) in [5.41, 5.74) is -0.552. The standard InChI is InChI=1S/C20H27N3O6/c1-15(24)21-11-3-9-20(14-29-2,13-23-18(27)7-8-19(23)28)10-4-12-22-16(25)5-6-17(22)26/h5-8H,3-4,9-14H2,1-2H3,(H,21,24). The SMILES string of the molecule is COCC(CCCNC(C)=O)(CCCN1C(=O)C=CC1=O)CN1C(=O)C=CC1=O. The Morgan fingerprint density at radius 2 is 1.45 bits per heavy atom. The van der Waals surface area contributed by atoms with Gasteiger partial charge in [-0.1, -0.05) is 0 Å². The zero-order valence-electron chi connectivity index (χ0n) is 16.8. The van der Waals surface area contributed by atoms with Crippen molar-refractivity contribution in [1.82, 2.24) is 15.1 Å². The van der Waals surface area contributed by atoms with Crippen molar-refractivity contribution < 1.29 is 28.7 Å². The molecule has 0 saturated carbocycles. The molecule has 0 fully saturated rings. The van der Waals surface area contributed by atoms with Gasteiger partial charge in [0.1, 0.15) is 0 Å². The van der Waals surface area contributed by atoms with Crippen molar-refractivity contribution in [2.24, 2.45) is 5.41 Å². The highest BCUT2D eigenvalue weighted by Crippen LogP contribution is 2.33. The second-order valence-electron chi connectivity index (χ2n) is 7.38. The summed E-state index contributed by atoms with van der Waals surface area (Å²) in [5.74, 6) is -1.55. The number of nitrogens with zero attached hydrogens (tertiary/aromatic N) is 2. The van der Waals surface area contributed by atoms with Crippen LogP contribution in [0.4, 0.5) is 0 Å². The Morgan fingerprint density at radius 3 is 1.97 bits per heavy atom. The molecule has 1 atom stereocenters. The van der Waals surface area contributed by atoms with E-state index >= 15 is 0 Å². The van der Waals surface area contributed by atoms with Gasteiger partial charge in [-0.05, 0) is 25.7 Å². The van der Waals surface area contributed by atoms with Crippen LogP contribution in [0.15, 0.2) is 24.3 Å². The zero-order valence-corrected chi connectivity index (χ0v) is 16.8. The largest absolute Gasteiger partial charge is 0.384 e. The molecule has 29 heavy (non-hydrogen) atoms. The van der Waals surface area contributed by atoms with E-state index in [0.29, 0.717) is 38.8 Å². The van der Waals surface area contributed by atoms with E-state index < -0.39 is 5.41 Å². The van der Waals surface area contributed by atoms with E-state index in [9.17, 15) is 24.0 Å². The average Bonchev–Trinajstić information content (AvgIpc) is 3.15. The topological polar surface area (TPSA) is 113 Å². The molecule has 5 amide bonds. The van der Waals surface area contributed by atoms with E-state index in [-0.39, 0.29) is 42.6 Å². The summed E-state index contributed by atoms with van der Waals surface area (Å²) in [7, 11) is 1.55. The molecule has 158 valence electrons. The fourth-order valence-corrected chi connectivity index (χ4v) is 3.69. The lowest BCUT2D eigenvalue weighted by Gasteiger charge is -2.36. The Labute approximate surface area is 169 Å². The summed E-state index contributed by atoms with van der Waals surface area (Å²) in [4.78, 5) is 61.1. The van der Waals surface area contributed by atoms with E-state index in [1.54, 1.807) is 7.11 Å². The van der Waals surface area contributed by atoms with Crippen molar-refractivity contribution in [2.75, 3.05) is 33.4 Å². The summed E-state index contributed by atoms with van der Waals surface area (Å²) in [5, 5.41) is 2.74. The highest BCUT2D eigenvalue weighted by molar-refractivity contribution is 6.13. The van der Waals surface area contributed by atoms with Gasteiger partial charge in [0.15, 0.2) is 0 Å². The first kappa shape index (κ1) is 22.5. The quantitative estimate of drug-likeness (QED) is 0.366. The fourth-order valence-electron chi connectivity index (χ4n) is 3.69. The minimum Gasteiger partial charge on any atom is -0.384 e. The molecule has 0 aromatic carbocycles. The molecule has 2 aliphatic rings. The maximum Gasteiger partial charge on any atom is 0.253 e. The van der Waals surface area contributed by atoms with Crippen LogP contribution in [-0.4, -0.2) is 72.7 Å². The number of methoxy groups -OCH3 is 1. The van der Waals surface area contributed by atoms with Gasteiger partial charge in [-0.2, -0.15) is 0 Å². The number of nitrogens with one attached hydrogen (secondary N) is 1. The molecule has 0 spiro atoms. The van der Waals surface area contributed by atoms with Crippen molar-refractivity contribution in [3.63, 3.8) is 0 Å². The third-order valence-electron chi connectivity index (χ3n) is 5.09. The predicted molar refractivity (Wildman–Crippen MR) is 103 cm³/mol. The molecule has 0 aromatic rings.